The number of Topliss-reactive ketones (excluding diaryl/α,β-unsaturated/α-hetero) is 1. The first-order valence-corrected chi connectivity index (χ1v) is 14.9. The Morgan fingerprint density at radius 3 is 1.80 bits per heavy atom. The molecule has 1 aliphatic carbocycles. The Kier molecular flexibility index (Phi) is 17.1. The van der Waals surface area contributed by atoms with E-state index in [9.17, 15) is 14.7 Å². The Balaban J connectivity index is 3.01. The van der Waals surface area contributed by atoms with Gasteiger partial charge in [0.15, 0.2) is 5.78 Å². The molecule has 40 heavy (non-hydrogen) atoms. The second-order valence-corrected chi connectivity index (χ2v) is 11.7. The maximum atomic E-state index is 12.8. The van der Waals surface area contributed by atoms with Gasteiger partial charge in [-0.2, -0.15) is 0 Å². The minimum atomic E-state index is -0.604. The summed E-state index contributed by atoms with van der Waals surface area (Å²) in [5.41, 5.74) is 8.69. The summed E-state index contributed by atoms with van der Waals surface area (Å²) < 4.78 is 5.09. The number of carbonyl (C=O) groups excluding carboxylic acids is 2. The predicted molar refractivity (Wildman–Crippen MR) is 169 cm³/mol. The highest BCUT2D eigenvalue weighted by molar-refractivity contribution is 6.05. The Bertz CT molecular complexity index is 1060. The van der Waals surface area contributed by atoms with Crippen LogP contribution >= 0.6 is 0 Å². The van der Waals surface area contributed by atoms with Gasteiger partial charge in [-0.3, -0.25) is 4.79 Å². The largest absolute Gasteiger partial charge is 0.466 e. The molecule has 0 aliphatic heterocycles. The third-order valence-corrected chi connectivity index (χ3v) is 7.31. The van der Waals surface area contributed by atoms with Gasteiger partial charge in [-0.15, -0.1) is 0 Å². The van der Waals surface area contributed by atoms with E-state index in [1.165, 1.54) is 35.0 Å². The standard InChI is InChI=1S/C36H54O4/c1-26(2)13-9-15-28(5)17-11-18-30(7)21-22-32-23-31(20-12-19-29(6)16-10-14-27(3)4)24-33(34(38)25-37)35(32)36(39)40-8/h13-14,17,19,21,23,32,37H,9-12,15-16,18,20,22,24-25H2,1-8H3/b28-17+,29-19+,30-21+. The van der Waals surface area contributed by atoms with Crippen molar-refractivity contribution in [3.05, 3.63) is 81.0 Å². The summed E-state index contributed by atoms with van der Waals surface area (Å²) in [6.45, 7) is 14.4. The van der Waals surface area contributed by atoms with Crippen molar-refractivity contribution in [2.45, 2.75) is 113 Å². The molecule has 0 saturated heterocycles. The lowest BCUT2D eigenvalue weighted by atomic mass is 9.79. The topological polar surface area (TPSA) is 63.6 Å². The van der Waals surface area contributed by atoms with Crippen molar-refractivity contribution in [3.63, 3.8) is 0 Å². The van der Waals surface area contributed by atoms with E-state index in [0.29, 0.717) is 24.0 Å². The van der Waals surface area contributed by atoms with E-state index < -0.39 is 12.6 Å². The molecule has 1 N–H and O–H groups in total. The van der Waals surface area contributed by atoms with Gasteiger partial charge in [0.25, 0.3) is 0 Å². The van der Waals surface area contributed by atoms with E-state index >= 15 is 0 Å². The fraction of sp³-hybridized carbons (Fsp3) is 0.556. The summed E-state index contributed by atoms with van der Waals surface area (Å²) >= 11 is 0. The quantitative estimate of drug-likeness (QED) is 0.145. The number of rotatable bonds is 17. The lowest BCUT2D eigenvalue weighted by molar-refractivity contribution is -0.137. The van der Waals surface area contributed by atoms with Crippen LogP contribution in [-0.4, -0.2) is 30.6 Å². The van der Waals surface area contributed by atoms with Crippen LogP contribution in [0, 0.1) is 5.92 Å². The Morgan fingerprint density at radius 2 is 1.30 bits per heavy atom. The van der Waals surface area contributed by atoms with E-state index in [-0.39, 0.29) is 11.7 Å². The first kappa shape index (κ1) is 35.3. The van der Waals surface area contributed by atoms with E-state index in [1.54, 1.807) is 0 Å². The van der Waals surface area contributed by atoms with E-state index in [4.69, 9.17) is 4.74 Å². The number of ether oxygens (including phenoxy) is 1. The fourth-order valence-corrected chi connectivity index (χ4v) is 4.92. The highest BCUT2D eigenvalue weighted by atomic mass is 16.5. The molecule has 0 radical (unpaired) electrons. The summed E-state index contributed by atoms with van der Waals surface area (Å²) in [6.07, 6.45) is 22.4. The molecule has 222 valence electrons. The van der Waals surface area contributed by atoms with Gasteiger partial charge >= 0.3 is 5.97 Å². The Hall–Kier alpha value is -2.72. The SMILES string of the molecule is COC(=O)C1=C(C(=O)CO)CC(CC/C=C(\C)CCC=C(C)C)=CC1C/C=C(\C)CC/C=C(\C)CCC=C(C)C. The van der Waals surface area contributed by atoms with E-state index in [2.05, 4.69) is 84.9 Å². The van der Waals surface area contributed by atoms with Gasteiger partial charge in [-0.1, -0.05) is 69.9 Å². The van der Waals surface area contributed by atoms with Crippen LogP contribution in [-0.2, 0) is 14.3 Å². The average Bonchev–Trinajstić information content (AvgIpc) is 2.90. The molecule has 0 aromatic carbocycles. The number of esters is 1. The normalized spacial score (nSPS) is 16.5. The summed E-state index contributed by atoms with van der Waals surface area (Å²) in [5.74, 6) is -1.10. The van der Waals surface area contributed by atoms with Gasteiger partial charge in [0.05, 0.1) is 12.7 Å². The molecule has 1 atom stereocenters. The second-order valence-electron chi connectivity index (χ2n) is 11.7. The van der Waals surface area contributed by atoms with Crippen molar-refractivity contribution in [2.24, 2.45) is 5.92 Å². The van der Waals surface area contributed by atoms with Crippen LogP contribution in [0.3, 0.4) is 0 Å². The smallest absolute Gasteiger partial charge is 0.334 e. The molecule has 1 rings (SSSR count). The predicted octanol–water partition coefficient (Wildman–Crippen LogP) is 9.25. The Morgan fingerprint density at radius 1 is 0.800 bits per heavy atom. The van der Waals surface area contributed by atoms with Gasteiger partial charge in [-0.05, 0) is 113 Å². The third kappa shape index (κ3) is 14.1. The van der Waals surface area contributed by atoms with Crippen molar-refractivity contribution in [2.75, 3.05) is 13.7 Å². The van der Waals surface area contributed by atoms with Crippen LogP contribution in [0.5, 0.6) is 0 Å². The van der Waals surface area contributed by atoms with Crippen molar-refractivity contribution < 1.29 is 19.4 Å². The number of methoxy groups -OCH3 is 1. The van der Waals surface area contributed by atoms with Crippen molar-refractivity contribution >= 4 is 11.8 Å². The molecule has 0 spiro atoms. The van der Waals surface area contributed by atoms with E-state index in [1.807, 2.05) is 0 Å². The maximum Gasteiger partial charge on any atom is 0.334 e. The molecule has 0 amide bonds. The molecule has 0 heterocycles. The number of aliphatic hydroxyl groups is 1. The summed E-state index contributed by atoms with van der Waals surface area (Å²) in [4.78, 5) is 25.5. The first-order valence-electron chi connectivity index (χ1n) is 14.9. The molecule has 0 aromatic rings. The number of allylic oxidation sites excluding steroid dienone is 12. The monoisotopic (exact) mass is 550 g/mol. The van der Waals surface area contributed by atoms with Crippen LogP contribution in [0.1, 0.15) is 113 Å². The van der Waals surface area contributed by atoms with Crippen LogP contribution < -0.4 is 0 Å². The van der Waals surface area contributed by atoms with E-state index in [0.717, 1.165) is 56.9 Å². The van der Waals surface area contributed by atoms with Crippen LogP contribution in [0.2, 0.25) is 0 Å². The summed E-state index contributed by atoms with van der Waals surface area (Å²) in [7, 11) is 1.35. The summed E-state index contributed by atoms with van der Waals surface area (Å²) in [5, 5.41) is 9.65. The second kappa shape index (κ2) is 19.4. The zero-order valence-corrected chi connectivity index (χ0v) is 26.5. The molecule has 1 aliphatic rings. The zero-order chi connectivity index (χ0) is 30.1. The average molecular weight is 551 g/mol. The lowest BCUT2D eigenvalue weighted by Crippen LogP contribution is -2.24. The number of ketones is 1. The molecule has 4 nitrogen and oxygen atoms in total. The fourth-order valence-electron chi connectivity index (χ4n) is 4.92. The summed E-state index contributed by atoms with van der Waals surface area (Å²) in [6, 6.07) is 0. The third-order valence-electron chi connectivity index (χ3n) is 7.31. The maximum absolute atomic E-state index is 12.8. The van der Waals surface area contributed by atoms with Crippen LogP contribution in [0.15, 0.2) is 81.0 Å². The molecule has 0 fully saturated rings. The number of hydrogen-bond donors (Lipinski definition) is 1. The molecular weight excluding hydrogens is 496 g/mol. The Labute approximate surface area is 244 Å². The molecule has 0 bridgehead atoms. The first-order chi connectivity index (χ1) is 19.0. The highest BCUT2D eigenvalue weighted by Gasteiger charge is 2.31. The van der Waals surface area contributed by atoms with Gasteiger partial charge < -0.3 is 9.84 Å². The van der Waals surface area contributed by atoms with Crippen molar-refractivity contribution in [1.82, 2.24) is 0 Å². The van der Waals surface area contributed by atoms with Gasteiger partial charge in [0.1, 0.15) is 6.61 Å². The molecule has 4 heteroatoms. The van der Waals surface area contributed by atoms with Crippen LogP contribution in [0.25, 0.3) is 0 Å². The molecular formula is C36H54O4. The molecule has 0 saturated carbocycles. The number of carbonyl (C=O) groups is 2. The lowest BCUT2D eigenvalue weighted by Gasteiger charge is -2.25. The van der Waals surface area contributed by atoms with Gasteiger partial charge in [0, 0.05) is 11.5 Å². The van der Waals surface area contributed by atoms with Crippen molar-refractivity contribution in [1.29, 1.82) is 0 Å². The molecule has 0 aromatic heterocycles. The number of aliphatic hydroxyl groups excluding tert-OH is 1. The van der Waals surface area contributed by atoms with Gasteiger partial charge in [0.2, 0.25) is 0 Å². The van der Waals surface area contributed by atoms with Crippen LogP contribution in [0.4, 0.5) is 0 Å². The molecule has 1 unspecified atom stereocenters. The van der Waals surface area contributed by atoms with Gasteiger partial charge in [-0.25, -0.2) is 4.79 Å². The zero-order valence-electron chi connectivity index (χ0n) is 26.5. The minimum Gasteiger partial charge on any atom is -0.466 e. The van der Waals surface area contributed by atoms with Crippen molar-refractivity contribution in [3.8, 4) is 0 Å². The number of hydrogen-bond acceptors (Lipinski definition) is 4. The highest BCUT2D eigenvalue weighted by Crippen LogP contribution is 2.35. The minimum absolute atomic E-state index is 0.235.